The van der Waals surface area contributed by atoms with Crippen molar-refractivity contribution in [2.75, 3.05) is 12.9 Å². The maximum atomic E-state index is 13.1. The molecule has 9 heteroatoms. The number of alkyl halides is 3. The number of rotatable bonds is 7. The summed E-state index contributed by atoms with van der Waals surface area (Å²) in [5.41, 5.74) is -1.71. The zero-order valence-corrected chi connectivity index (χ0v) is 15.7. The van der Waals surface area contributed by atoms with Crippen LogP contribution >= 0.6 is 0 Å². The number of esters is 1. The molecule has 150 valence electrons. The van der Waals surface area contributed by atoms with Crippen molar-refractivity contribution in [2.45, 2.75) is 23.5 Å². The van der Waals surface area contributed by atoms with Crippen LogP contribution in [0, 0.1) is 0 Å². The van der Waals surface area contributed by atoms with E-state index in [1.807, 2.05) is 0 Å². The smallest absolute Gasteiger partial charge is 0.417 e. The zero-order chi connectivity index (χ0) is 20.7. The summed E-state index contributed by atoms with van der Waals surface area (Å²) in [4.78, 5) is 24.9. The highest BCUT2D eigenvalue weighted by molar-refractivity contribution is 7.85. The molecule has 1 amide bonds. The molecule has 0 aliphatic heterocycles. The Labute approximate surface area is 162 Å². The third-order valence-electron chi connectivity index (χ3n) is 3.87. The van der Waals surface area contributed by atoms with E-state index < -0.39 is 46.0 Å². The highest BCUT2D eigenvalue weighted by Gasteiger charge is 2.35. The van der Waals surface area contributed by atoms with E-state index in [1.54, 1.807) is 30.3 Å². The molecule has 0 saturated heterocycles. The number of halogens is 3. The van der Waals surface area contributed by atoms with Gasteiger partial charge in [-0.1, -0.05) is 30.3 Å². The van der Waals surface area contributed by atoms with Crippen LogP contribution in [0.1, 0.15) is 22.3 Å². The number of carbonyl (C=O) groups excluding carboxylic acids is 2. The average Bonchev–Trinajstić information content (AvgIpc) is 2.70. The molecule has 0 spiro atoms. The predicted octanol–water partition coefficient (Wildman–Crippen LogP) is 3.17. The van der Waals surface area contributed by atoms with E-state index in [1.165, 1.54) is 12.1 Å². The molecule has 2 aromatic carbocycles. The standard InChI is InChI=1S/C19H18F3NO4S/c1-27-18(25)16(11-12-28(26)13-7-3-2-4-8-13)23-17(24)14-9-5-6-10-15(14)19(20,21)22/h2-10,16H,11-12H2,1H3,(H,23,24)/t16-,28+/m0/s1. The number of benzene rings is 2. The SMILES string of the molecule is COC(=O)[C@H](CC[S@@](=O)c1ccccc1)NC(=O)c1ccccc1C(F)(F)F. The van der Waals surface area contributed by atoms with Crippen LogP contribution in [-0.4, -0.2) is 35.0 Å². The lowest BCUT2D eigenvalue weighted by atomic mass is 10.1. The third-order valence-corrected chi connectivity index (χ3v) is 5.27. The Morgan fingerprint density at radius 2 is 1.68 bits per heavy atom. The summed E-state index contributed by atoms with van der Waals surface area (Å²) >= 11 is 0. The van der Waals surface area contributed by atoms with E-state index in [9.17, 15) is 27.0 Å². The van der Waals surface area contributed by atoms with Gasteiger partial charge < -0.3 is 10.1 Å². The molecule has 0 fully saturated rings. The van der Waals surface area contributed by atoms with Crippen LogP contribution in [0.2, 0.25) is 0 Å². The molecule has 2 atom stereocenters. The summed E-state index contributed by atoms with van der Waals surface area (Å²) in [6.07, 6.45) is -4.78. The minimum atomic E-state index is -4.72. The Kier molecular flexibility index (Phi) is 7.33. The first-order valence-corrected chi connectivity index (χ1v) is 9.54. The van der Waals surface area contributed by atoms with Gasteiger partial charge in [0.1, 0.15) is 6.04 Å². The molecular weight excluding hydrogens is 395 g/mol. The van der Waals surface area contributed by atoms with E-state index in [0.717, 1.165) is 19.2 Å². The Morgan fingerprint density at radius 1 is 1.07 bits per heavy atom. The molecule has 5 nitrogen and oxygen atoms in total. The van der Waals surface area contributed by atoms with Crippen molar-refractivity contribution in [3.63, 3.8) is 0 Å². The molecule has 1 N–H and O–H groups in total. The largest absolute Gasteiger partial charge is 0.467 e. The second-order valence-corrected chi connectivity index (χ2v) is 7.31. The average molecular weight is 413 g/mol. The maximum Gasteiger partial charge on any atom is 0.417 e. The summed E-state index contributed by atoms with van der Waals surface area (Å²) in [6, 6.07) is 11.5. The Hall–Kier alpha value is -2.68. The van der Waals surface area contributed by atoms with Crippen molar-refractivity contribution >= 4 is 22.7 Å². The van der Waals surface area contributed by atoms with Gasteiger partial charge in [0.05, 0.1) is 29.0 Å². The van der Waals surface area contributed by atoms with Gasteiger partial charge >= 0.3 is 12.1 Å². The maximum absolute atomic E-state index is 13.1. The molecule has 0 saturated carbocycles. The second-order valence-electron chi connectivity index (χ2n) is 5.74. The number of carbonyl (C=O) groups is 2. The molecule has 0 bridgehead atoms. The number of hydrogen-bond acceptors (Lipinski definition) is 4. The van der Waals surface area contributed by atoms with Crippen molar-refractivity contribution in [2.24, 2.45) is 0 Å². The van der Waals surface area contributed by atoms with E-state index in [4.69, 9.17) is 0 Å². The van der Waals surface area contributed by atoms with Crippen molar-refractivity contribution in [1.29, 1.82) is 0 Å². The third kappa shape index (κ3) is 5.66. The van der Waals surface area contributed by atoms with Crippen molar-refractivity contribution in [1.82, 2.24) is 5.32 Å². The Balaban J connectivity index is 2.14. The number of ether oxygens (including phenoxy) is 1. The van der Waals surface area contributed by atoms with Crippen LogP contribution in [0.4, 0.5) is 13.2 Å². The minimum Gasteiger partial charge on any atom is -0.467 e. The van der Waals surface area contributed by atoms with E-state index in [-0.39, 0.29) is 12.2 Å². The van der Waals surface area contributed by atoms with Gasteiger partial charge in [0.2, 0.25) is 0 Å². The Morgan fingerprint density at radius 3 is 2.29 bits per heavy atom. The summed E-state index contributed by atoms with van der Waals surface area (Å²) < 4.78 is 56.2. The quantitative estimate of drug-likeness (QED) is 0.708. The highest BCUT2D eigenvalue weighted by atomic mass is 32.2. The summed E-state index contributed by atoms with van der Waals surface area (Å²) in [5, 5.41) is 2.26. The van der Waals surface area contributed by atoms with Crippen LogP contribution < -0.4 is 5.32 Å². The fourth-order valence-electron chi connectivity index (χ4n) is 2.47. The first-order valence-electron chi connectivity index (χ1n) is 8.22. The second kappa shape index (κ2) is 9.50. The minimum absolute atomic E-state index is 0.0188. The van der Waals surface area contributed by atoms with Gasteiger partial charge in [-0.05, 0) is 30.7 Å². The van der Waals surface area contributed by atoms with Crippen molar-refractivity contribution < 1.29 is 31.7 Å². The molecule has 0 unspecified atom stereocenters. The monoisotopic (exact) mass is 413 g/mol. The van der Waals surface area contributed by atoms with Crippen molar-refractivity contribution in [3.8, 4) is 0 Å². The molecule has 2 rings (SSSR count). The fraction of sp³-hybridized carbons (Fsp3) is 0.263. The topological polar surface area (TPSA) is 72.5 Å². The van der Waals surface area contributed by atoms with Gasteiger partial charge in [0.15, 0.2) is 0 Å². The molecule has 0 heterocycles. The Bertz CT molecular complexity index is 856. The van der Waals surface area contributed by atoms with Gasteiger partial charge in [-0.15, -0.1) is 0 Å². The molecule has 0 aliphatic rings. The van der Waals surface area contributed by atoms with Crippen molar-refractivity contribution in [3.05, 3.63) is 65.7 Å². The molecule has 0 radical (unpaired) electrons. The number of hydrogen-bond donors (Lipinski definition) is 1. The number of methoxy groups -OCH3 is 1. The zero-order valence-electron chi connectivity index (χ0n) is 14.9. The number of nitrogens with one attached hydrogen (secondary N) is 1. The molecule has 0 aromatic heterocycles. The van der Waals surface area contributed by atoms with E-state index in [2.05, 4.69) is 10.1 Å². The van der Waals surface area contributed by atoms with Gasteiger partial charge in [0.25, 0.3) is 5.91 Å². The normalized spacial score (nSPS) is 13.4. The molecule has 28 heavy (non-hydrogen) atoms. The first kappa shape index (κ1) is 21.6. The van der Waals surface area contributed by atoms with E-state index >= 15 is 0 Å². The lowest BCUT2D eigenvalue weighted by Gasteiger charge is -2.18. The van der Waals surface area contributed by atoms with Crippen LogP contribution in [-0.2, 0) is 26.5 Å². The summed E-state index contributed by atoms with van der Waals surface area (Å²) in [5.74, 6) is -1.87. The summed E-state index contributed by atoms with van der Waals surface area (Å²) in [7, 11) is -0.343. The molecular formula is C19H18F3NO4S. The first-order chi connectivity index (χ1) is 13.2. The van der Waals surface area contributed by atoms with Crippen LogP contribution in [0.3, 0.4) is 0 Å². The van der Waals surface area contributed by atoms with Crippen LogP contribution in [0.15, 0.2) is 59.5 Å². The molecule has 0 aliphatic carbocycles. The number of amides is 1. The van der Waals surface area contributed by atoms with Gasteiger partial charge in [-0.2, -0.15) is 13.2 Å². The van der Waals surface area contributed by atoms with E-state index in [0.29, 0.717) is 4.90 Å². The lowest BCUT2D eigenvalue weighted by molar-refractivity contribution is -0.142. The predicted molar refractivity (Wildman–Crippen MR) is 97.0 cm³/mol. The van der Waals surface area contributed by atoms with Gasteiger partial charge in [0, 0.05) is 10.6 Å². The fourth-order valence-corrected chi connectivity index (χ4v) is 3.62. The summed E-state index contributed by atoms with van der Waals surface area (Å²) in [6.45, 7) is 0. The van der Waals surface area contributed by atoms with Crippen LogP contribution in [0.5, 0.6) is 0 Å². The highest BCUT2D eigenvalue weighted by Crippen LogP contribution is 2.31. The molecule has 2 aromatic rings. The van der Waals surface area contributed by atoms with Gasteiger partial charge in [-0.25, -0.2) is 4.79 Å². The lowest BCUT2D eigenvalue weighted by Crippen LogP contribution is -2.43. The van der Waals surface area contributed by atoms with Crippen LogP contribution in [0.25, 0.3) is 0 Å². The van der Waals surface area contributed by atoms with Gasteiger partial charge in [-0.3, -0.25) is 9.00 Å².